The van der Waals surface area contributed by atoms with Crippen LogP contribution < -0.4 is 5.32 Å². The molecule has 16 heteroatoms. The fourth-order valence-electron chi connectivity index (χ4n) is 4.90. The van der Waals surface area contributed by atoms with Gasteiger partial charge in [-0.1, -0.05) is 6.07 Å². The highest BCUT2D eigenvalue weighted by Crippen LogP contribution is 2.42. The number of halogens is 5. The van der Waals surface area contributed by atoms with Crippen molar-refractivity contribution in [3.63, 3.8) is 0 Å². The van der Waals surface area contributed by atoms with Gasteiger partial charge in [0.2, 0.25) is 5.91 Å². The second-order valence-corrected chi connectivity index (χ2v) is 12.7. The van der Waals surface area contributed by atoms with Crippen LogP contribution in [0.3, 0.4) is 0 Å². The maximum Gasteiger partial charge on any atom is 0.417 e. The molecule has 0 bridgehead atoms. The van der Waals surface area contributed by atoms with Crippen LogP contribution in [-0.4, -0.2) is 70.0 Å². The Balaban J connectivity index is 0.000000367. The summed E-state index contributed by atoms with van der Waals surface area (Å²) in [6.07, 6.45) is -1.93. The van der Waals surface area contributed by atoms with Crippen LogP contribution in [0.1, 0.15) is 37.7 Å². The molecule has 5 rings (SSSR count). The first-order chi connectivity index (χ1) is 19.0. The Kier molecular flexibility index (Phi) is 7.80. The van der Waals surface area contributed by atoms with Gasteiger partial charge in [0.25, 0.3) is 5.92 Å². The van der Waals surface area contributed by atoms with Crippen LogP contribution in [0, 0.1) is 17.2 Å². The summed E-state index contributed by atoms with van der Waals surface area (Å²) in [7, 11) is -2.81. The fraction of sp³-hybridized carbons (Fsp3) is 0.520. The number of nitrogens with zero attached hydrogens (tertiary/aromatic N) is 4. The lowest BCUT2D eigenvalue weighted by Crippen LogP contribution is -2.59. The molecule has 1 saturated heterocycles. The Morgan fingerprint density at radius 2 is 1.83 bits per heavy atom. The first-order valence-electron chi connectivity index (χ1n) is 12.5. The van der Waals surface area contributed by atoms with Crippen molar-refractivity contribution in [2.45, 2.75) is 59.9 Å². The molecule has 2 atom stereocenters. The number of aromatic nitrogens is 2. The number of rotatable bonds is 5. The second kappa shape index (κ2) is 10.6. The molecule has 2 N–H and O–H groups in total. The maximum atomic E-state index is 13.8. The van der Waals surface area contributed by atoms with Crippen LogP contribution >= 0.6 is 0 Å². The number of amides is 2. The molecule has 1 aromatic carbocycles. The lowest BCUT2D eigenvalue weighted by Gasteiger charge is -2.40. The number of aryl methyl sites for hydroxylation is 1. The van der Waals surface area contributed by atoms with Crippen molar-refractivity contribution in [2.75, 3.05) is 13.1 Å². The minimum absolute atomic E-state index is 0.00930. The van der Waals surface area contributed by atoms with E-state index in [1.54, 1.807) is 7.05 Å². The highest BCUT2D eigenvalue weighted by Gasteiger charge is 2.50. The number of sulfone groups is 1. The van der Waals surface area contributed by atoms with Crippen molar-refractivity contribution in [3.8, 4) is 17.2 Å². The smallest absolute Gasteiger partial charge is 0.417 e. The topological polar surface area (TPSA) is 145 Å². The van der Waals surface area contributed by atoms with Gasteiger partial charge in [0, 0.05) is 24.7 Å². The van der Waals surface area contributed by atoms with Crippen molar-refractivity contribution in [3.05, 3.63) is 36.2 Å². The average molecular weight is 604 g/mol. The third-order valence-corrected chi connectivity index (χ3v) is 9.54. The minimum Gasteiger partial charge on any atom is -0.465 e. The Morgan fingerprint density at radius 1 is 1.17 bits per heavy atom. The predicted molar refractivity (Wildman–Crippen MR) is 132 cm³/mol. The molecule has 2 saturated carbocycles. The highest BCUT2D eigenvalue weighted by molar-refractivity contribution is 7.92. The molecule has 0 spiro atoms. The summed E-state index contributed by atoms with van der Waals surface area (Å²) in [5.41, 5.74) is -1.44. The molecule has 0 radical (unpaired) electrons. The van der Waals surface area contributed by atoms with Crippen LogP contribution in [0.15, 0.2) is 35.5 Å². The molecule has 2 aliphatic carbocycles. The maximum absolute atomic E-state index is 13.8. The van der Waals surface area contributed by atoms with Gasteiger partial charge in [-0.05, 0) is 49.8 Å². The molecule has 2 amide bonds. The number of nitrogens with one attached hydrogen (secondary N) is 1. The van der Waals surface area contributed by atoms with E-state index in [9.17, 15) is 40.0 Å². The van der Waals surface area contributed by atoms with Crippen LogP contribution in [0.5, 0.6) is 0 Å². The third-order valence-electron chi connectivity index (χ3n) is 7.27. The van der Waals surface area contributed by atoms with Crippen LogP contribution in [0.25, 0.3) is 11.1 Å². The van der Waals surface area contributed by atoms with Crippen molar-refractivity contribution in [1.82, 2.24) is 20.0 Å². The number of hydrogen-bond acceptors (Lipinski definition) is 6. The molecule has 1 aliphatic heterocycles. The van der Waals surface area contributed by atoms with Crippen molar-refractivity contribution < 1.29 is 45.1 Å². The number of carbonyl (C=O) groups excluding carboxylic acids is 1. The summed E-state index contributed by atoms with van der Waals surface area (Å²) in [4.78, 5) is 22.4. The third kappa shape index (κ3) is 6.61. The average Bonchev–Trinajstić information content (AvgIpc) is 3.25. The van der Waals surface area contributed by atoms with E-state index in [1.165, 1.54) is 23.1 Å². The zero-order valence-corrected chi connectivity index (χ0v) is 22.5. The van der Waals surface area contributed by atoms with E-state index in [4.69, 9.17) is 10.4 Å². The van der Waals surface area contributed by atoms with Gasteiger partial charge in [-0.25, -0.2) is 22.0 Å². The summed E-state index contributed by atoms with van der Waals surface area (Å²) in [5, 5.41) is 21.3. The number of carbonyl (C=O) groups is 2. The van der Waals surface area contributed by atoms with Gasteiger partial charge >= 0.3 is 12.3 Å². The van der Waals surface area contributed by atoms with Crippen LogP contribution in [0.2, 0.25) is 0 Å². The predicted octanol–water partition coefficient (Wildman–Crippen LogP) is 3.84. The molecule has 10 nitrogen and oxygen atoms in total. The molecular formula is C25H26F5N5O5S. The molecule has 3 fully saturated rings. The highest BCUT2D eigenvalue weighted by atomic mass is 32.2. The van der Waals surface area contributed by atoms with Gasteiger partial charge in [0.15, 0.2) is 9.84 Å². The van der Waals surface area contributed by atoms with Gasteiger partial charge in [0.05, 0.1) is 41.1 Å². The van der Waals surface area contributed by atoms with E-state index < -0.39 is 74.2 Å². The van der Waals surface area contributed by atoms with E-state index in [-0.39, 0.29) is 24.8 Å². The van der Waals surface area contributed by atoms with E-state index in [0.29, 0.717) is 18.4 Å². The molecule has 3 aliphatic rings. The van der Waals surface area contributed by atoms with E-state index >= 15 is 0 Å². The number of benzene rings is 1. The van der Waals surface area contributed by atoms with Crippen molar-refractivity contribution in [1.29, 1.82) is 5.26 Å². The zero-order valence-electron chi connectivity index (χ0n) is 21.7. The van der Waals surface area contributed by atoms with Crippen LogP contribution in [0.4, 0.5) is 26.7 Å². The van der Waals surface area contributed by atoms with Crippen molar-refractivity contribution >= 4 is 21.8 Å². The second-order valence-electron chi connectivity index (χ2n) is 10.5. The SMILES string of the molecule is Cn1cc(-c2ccc(S(=O)(=O)[C@@H]3CC[C@@H](C(=O)N4CC(F)(F)C4)C3)c(C(F)(F)F)c2)cn1.N#CC1(NC(=O)O)CC1. The number of likely N-dealkylation sites (tertiary alicyclic amines) is 1. The lowest BCUT2D eigenvalue weighted by atomic mass is 10.0. The van der Waals surface area contributed by atoms with Gasteiger partial charge in [0.1, 0.15) is 5.54 Å². The molecule has 2 aromatic rings. The van der Waals surface area contributed by atoms with Crippen LogP contribution in [-0.2, 0) is 27.9 Å². The van der Waals surface area contributed by atoms with Crippen molar-refractivity contribution in [2.24, 2.45) is 13.0 Å². The van der Waals surface area contributed by atoms with Gasteiger partial charge in [-0.2, -0.15) is 23.5 Å². The largest absolute Gasteiger partial charge is 0.465 e. The van der Waals surface area contributed by atoms with E-state index in [2.05, 4.69) is 10.4 Å². The molecule has 2 heterocycles. The Bertz CT molecular complexity index is 1490. The normalized spacial score (nSPS) is 22.5. The zero-order chi connectivity index (χ0) is 30.4. The Labute approximate surface area is 231 Å². The number of carboxylic acid groups (broad SMARTS) is 1. The molecule has 41 heavy (non-hydrogen) atoms. The summed E-state index contributed by atoms with van der Waals surface area (Å²) in [6, 6.07) is 4.90. The summed E-state index contributed by atoms with van der Waals surface area (Å²) in [5.74, 6) is -4.32. The van der Waals surface area contributed by atoms with E-state index in [0.717, 1.165) is 17.0 Å². The molecular weight excluding hydrogens is 577 g/mol. The summed E-state index contributed by atoms with van der Waals surface area (Å²) < 4.78 is 95.1. The van der Waals surface area contributed by atoms with Gasteiger partial charge in [-0.15, -0.1) is 0 Å². The van der Waals surface area contributed by atoms with Gasteiger partial charge in [-0.3, -0.25) is 9.48 Å². The fourth-order valence-corrected chi connectivity index (χ4v) is 6.93. The number of alkyl halides is 5. The first kappa shape index (κ1) is 30.2. The molecule has 222 valence electrons. The van der Waals surface area contributed by atoms with E-state index in [1.807, 2.05) is 6.07 Å². The first-order valence-corrected chi connectivity index (χ1v) is 14.0. The minimum atomic E-state index is -4.92. The summed E-state index contributed by atoms with van der Waals surface area (Å²) >= 11 is 0. The Morgan fingerprint density at radius 3 is 2.29 bits per heavy atom. The number of hydrogen-bond donors (Lipinski definition) is 2. The lowest BCUT2D eigenvalue weighted by molar-refractivity contribution is -0.169. The number of nitriles is 1. The van der Waals surface area contributed by atoms with Gasteiger partial charge < -0.3 is 15.3 Å². The standard InChI is InChI=1S/C20H20F5N3O3S.C5H6N2O2/c1-27-9-14(8-26-27)12-3-5-17(16(7-12)20(23,24)25)32(30,31)15-4-2-13(6-15)18(29)28-10-19(21,22)11-28;6-3-5(1-2-5)7-4(8)9/h3,5,7-9,13,15H,2,4,6,10-11H2,1H3;7H,1-2H2,(H,8,9)/t13-,15-;/m1./s1. The summed E-state index contributed by atoms with van der Waals surface area (Å²) in [6.45, 7) is -1.43. The molecule has 1 aromatic heterocycles. The molecule has 0 unspecified atom stereocenters. The Hall–Kier alpha value is -3.74. The monoisotopic (exact) mass is 603 g/mol. The quantitative estimate of drug-likeness (QED) is 0.494.